The van der Waals surface area contributed by atoms with Gasteiger partial charge in [-0.15, -0.1) is 11.3 Å². The van der Waals surface area contributed by atoms with Gasteiger partial charge in [0, 0.05) is 18.0 Å². The molecule has 0 unspecified atom stereocenters. The van der Waals surface area contributed by atoms with E-state index in [2.05, 4.69) is 5.32 Å². The van der Waals surface area contributed by atoms with Crippen molar-refractivity contribution in [2.75, 3.05) is 25.0 Å². The van der Waals surface area contributed by atoms with Crippen molar-refractivity contribution >= 4 is 38.2 Å². The van der Waals surface area contributed by atoms with Crippen molar-refractivity contribution in [3.63, 3.8) is 0 Å². The second-order valence-electron chi connectivity index (χ2n) is 9.06. The van der Waals surface area contributed by atoms with Crippen molar-refractivity contribution in [2.24, 2.45) is 5.92 Å². The van der Waals surface area contributed by atoms with Gasteiger partial charge in [0.2, 0.25) is 15.9 Å². The number of hydrogen-bond donors (Lipinski definition) is 1. The number of benzene rings is 1. The summed E-state index contributed by atoms with van der Waals surface area (Å²) in [6.07, 6.45) is 5.73. The van der Waals surface area contributed by atoms with Crippen LogP contribution in [0.15, 0.2) is 29.2 Å². The molecular formula is C25H32N2O5S2. The van der Waals surface area contributed by atoms with Crippen LogP contribution in [0.2, 0.25) is 0 Å². The van der Waals surface area contributed by atoms with Crippen LogP contribution in [-0.4, -0.2) is 44.3 Å². The molecule has 0 radical (unpaired) electrons. The van der Waals surface area contributed by atoms with Crippen molar-refractivity contribution in [3.05, 3.63) is 45.8 Å². The Balaban J connectivity index is 1.52. The maximum Gasteiger partial charge on any atom is 0.341 e. The number of amides is 1. The Kier molecular flexibility index (Phi) is 7.74. The highest BCUT2D eigenvalue weighted by Crippen LogP contribution is 2.39. The molecule has 1 saturated heterocycles. The van der Waals surface area contributed by atoms with Gasteiger partial charge in [0.15, 0.2) is 0 Å². The summed E-state index contributed by atoms with van der Waals surface area (Å²) in [6, 6.07) is 6.77. The third kappa shape index (κ3) is 5.21. The molecule has 1 fully saturated rings. The number of piperidine rings is 1. The number of ether oxygens (including phenoxy) is 1. The van der Waals surface area contributed by atoms with Gasteiger partial charge in [-0.25, -0.2) is 13.2 Å². The fourth-order valence-electron chi connectivity index (χ4n) is 4.58. The number of carbonyl (C=O) groups excluding carboxylic acids is 2. The first-order valence-corrected chi connectivity index (χ1v) is 14.3. The van der Waals surface area contributed by atoms with E-state index in [1.54, 1.807) is 24.3 Å². The van der Waals surface area contributed by atoms with Gasteiger partial charge in [-0.05, 0) is 69.6 Å². The molecule has 1 N–H and O–H groups in total. The number of aryl methyl sites for hydroxylation is 2. The molecule has 0 spiro atoms. The predicted molar refractivity (Wildman–Crippen MR) is 133 cm³/mol. The first-order chi connectivity index (χ1) is 16.3. The van der Waals surface area contributed by atoms with Gasteiger partial charge in [0.1, 0.15) is 5.00 Å². The molecule has 184 valence electrons. The first kappa shape index (κ1) is 24.9. The van der Waals surface area contributed by atoms with Crippen LogP contribution in [0, 0.1) is 12.8 Å². The largest absolute Gasteiger partial charge is 0.462 e. The van der Waals surface area contributed by atoms with Crippen LogP contribution in [0.4, 0.5) is 5.00 Å². The summed E-state index contributed by atoms with van der Waals surface area (Å²) < 4.78 is 33.1. The van der Waals surface area contributed by atoms with E-state index in [0.29, 0.717) is 36.6 Å². The summed E-state index contributed by atoms with van der Waals surface area (Å²) in [5.41, 5.74) is 2.48. The van der Waals surface area contributed by atoms with E-state index in [-0.39, 0.29) is 23.3 Å². The molecule has 2 heterocycles. The Bertz CT molecular complexity index is 1150. The number of fused-ring (bicyclic) bond motifs is 1. The fraction of sp³-hybridized carbons (Fsp3) is 0.520. The molecule has 1 atom stereocenters. The Morgan fingerprint density at radius 3 is 2.62 bits per heavy atom. The maximum absolute atomic E-state index is 13.2. The first-order valence-electron chi connectivity index (χ1n) is 12.0. The Labute approximate surface area is 205 Å². The molecule has 2 aromatic rings. The zero-order valence-corrected chi connectivity index (χ0v) is 21.4. The van der Waals surface area contributed by atoms with Crippen molar-refractivity contribution < 1.29 is 22.7 Å². The van der Waals surface area contributed by atoms with Gasteiger partial charge < -0.3 is 10.1 Å². The molecule has 34 heavy (non-hydrogen) atoms. The van der Waals surface area contributed by atoms with Crippen LogP contribution in [0.1, 0.15) is 65.4 Å². The molecule has 7 nitrogen and oxygen atoms in total. The minimum Gasteiger partial charge on any atom is -0.462 e. The molecular weight excluding hydrogens is 472 g/mol. The smallest absolute Gasteiger partial charge is 0.341 e. The number of rotatable bonds is 7. The van der Waals surface area contributed by atoms with E-state index in [0.717, 1.165) is 48.1 Å². The molecule has 1 aliphatic heterocycles. The summed E-state index contributed by atoms with van der Waals surface area (Å²) in [7, 11) is -3.67. The lowest BCUT2D eigenvalue weighted by Crippen LogP contribution is -2.43. The lowest BCUT2D eigenvalue weighted by molar-refractivity contribution is -0.120. The summed E-state index contributed by atoms with van der Waals surface area (Å²) in [5, 5.41) is 3.51. The normalized spacial score (nSPS) is 18.8. The number of hydrogen-bond acceptors (Lipinski definition) is 6. The van der Waals surface area contributed by atoms with Crippen LogP contribution in [0.3, 0.4) is 0 Å². The lowest BCUT2D eigenvalue weighted by atomic mass is 9.95. The van der Waals surface area contributed by atoms with Crippen molar-refractivity contribution in [3.8, 4) is 0 Å². The monoisotopic (exact) mass is 504 g/mol. The fourth-order valence-corrected chi connectivity index (χ4v) is 7.39. The number of sulfonamides is 1. The highest BCUT2D eigenvalue weighted by atomic mass is 32.2. The summed E-state index contributed by atoms with van der Waals surface area (Å²) >= 11 is 1.46. The molecule has 0 bridgehead atoms. The van der Waals surface area contributed by atoms with Crippen LogP contribution < -0.4 is 5.32 Å². The lowest BCUT2D eigenvalue weighted by Gasteiger charge is -2.31. The third-order valence-electron chi connectivity index (χ3n) is 6.46. The van der Waals surface area contributed by atoms with E-state index in [1.165, 1.54) is 15.6 Å². The number of nitrogens with one attached hydrogen (secondary N) is 1. The number of esters is 1. The molecule has 2 aliphatic rings. The van der Waals surface area contributed by atoms with Crippen molar-refractivity contribution in [2.45, 2.75) is 63.7 Å². The van der Waals surface area contributed by atoms with E-state index >= 15 is 0 Å². The summed E-state index contributed by atoms with van der Waals surface area (Å²) in [5.74, 6) is -1.11. The van der Waals surface area contributed by atoms with Gasteiger partial charge in [-0.3, -0.25) is 4.79 Å². The van der Waals surface area contributed by atoms with Crippen molar-refractivity contribution in [1.82, 2.24) is 4.31 Å². The van der Waals surface area contributed by atoms with Crippen LogP contribution >= 0.6 is 11.3 Å². The molecule has 4 rings (SSSR count). The van der Waals surface area contributed by atoms with E-state index < -0.39 is 15.9 Å². The molecule has 1 aliphatic carbocycles. The number of thiophene rings is 1. The average Bonchev–Trinajstić information content (AvgIpc) is 3.20. The van der Waals surface area contributed by atoms with Gasteiger partial charge in [-0.2, -0.15) is 4.31 Å². The van der Waals surface area contributed by atoms with Gasteiger partial charge in [0.05, 0.1) is 23.0 Å². The minimum atomic E-state index is -3.67. The van der Waals surface area contributed by atoms with Crippen LogP contribution in [0.25, 0.3) is 0 Å². The number of anilines is 1. The number of nitrogens with zero attached hydrogens (tertiary/aromatic N) is 1. The van der Waals surface area contributed by atoms with Gasteiger partial charge in [0.25, 0.3) is 0 Å². The molecule has 1 amide bonds. The van der Waals surface area contributed by atoms with Crippen molar-refractivity contribution in [1.29, 1.82) is 0 Å². The van der Waals surface area contributed by atoms with Crippen LogP contribution in [0.5, 0.6) is 0 Å². The zero-order chi connectivity index (χ0) is 24.3. The molecule has 1 aromatic carbocycles. The highest BCUT2D eigenvalue weighted by molar-refractivity contribution is 7.89. The Hall–Kier alpha value is -2.23. The van der Waals surface area contributed by atoms with Gasteiger partial charge >= 0.3 is 5.97 Å². The van der Waals surface area contributed by atoms with E-state index in [4.69, 9.17) is 4.74 Å². The Morgan fingerprint density at radius 2 is 1.88 bits per heavy atom. The summed E-state index contributed by atoms with van der Waals surface area (Å²) in [6.45, 7) is 4.71. The molecule has 1 aromatic heterocycles. The molecule has 9 heteroatoms. The van der Waals surface area contributed by atoms with Crippen LogP contribution in [-0.2, 0) is 32.4 Å². The SMILES string of the molecule is CCCOC(=O)c1c(NC(=O)[C@@H]2CCCN(S(=O)(=O)c3ccc(C)cc3)C2)sc2c1CCCC2. The Morgan fingerprint density at radius 1 is 1.15 bits per heavy atom. The van der Waals surface area contributed by atoms with Gasteiger partial charge in [-0.1, -0.05) is 24.6 Å². The van der Waals surface area contributed by atoms with E-state index in [9.17, 15) is 18.0 Å². The second kappa shape index (κ2) is 10.6. The standard InChI is InChI=1S/C25H32N2O5S2/c1-3-15-32-25(29)22-20-8-4-5-9-21(20)33-24(22)26-23(28)18-7-6-14-27(16-18)34(30,31)19-12-10-17(2)11-13-19/h10-13,18H,3-9,14-16H2,1-2H3,(H,26,28)/t18-/m1/s1. The highest BCUT2D eigenvalue weighted by Gasteiger charge is 2.35. The third-order valence-corrected chi connectivity index (χ3v) is 9.55. The minimum absolute atomic E-state index is 0.128. The number of carbonyl (C=O) groups is 2. The zero-order valence-electron chi connectivity index (χ0n) is 19.8. The topological polar surface area (TPSA) is 92.8 Å². The molecule has 0 saturated carbocycles. The van der Waals surface area contributed by atoms with E-state index in [1.807, 2.05) is 13.8 Å². The predicted octanol–water partition coefficient (Wildman–Crippen LogP) is 4.54. The maximum atomic E-state index is 13.2. The summed E-state index contributed by atoms with van der Waals surface area (Å²) in [4.78, 5) is 27.4. The second-order valence-corrected chi connectivity index (χ2v) is 12.1. The quantitative estimate of drug-likeness (QED) is 0.559. The average molecular weight is 505 g/mol.